The second kappa shape index (κ2) is 7.08. The summed E-state index contributed by atoms with van der Waals surface area (Å²) in [5, 5.41) is 4.99. The fourth-order valence-electron chi connectivity index (χ4n) is 1.73. The molecular formula is C15H10ClFN2O2S2. The van der Waals surface area contributed by atoms with Crippen molar-refractivity contribution in [2.75, 3.05) is 11.9 Å². The van der Waals surface area contributed by atoms with Crippen LogP contribution in [0.5, 0.6) is 5.75 Å². The monoisotopic (exact) mass is 368 g/mol. The van der Waals surface area contributed by atoms with E-state index in [0.717, 1.165) is 10.6 Å². The molecule has 3 aromatic rings. The number of rotatable bonds is 5. The van der Waals surface area contributed by atoms with Gasteiger partial charge in [-0.05, 0) is 36.4 Å². The van der Waals surface area contributed by atoms with Crippen LogP contribution in [0.4, 0.5) is 9.52 Å². The molecule has 0 bridgehead atoms. The van der Waals surface area contributed by atoms with Gasteiger partial charge in [-0.15, -0.1) is 22.7 Å². The van der Waals surface area contributed by atoms with Crippen LogP contribution >= 0.6 is 34.3 Å². The number of aromatic nitrogens is 1. The summed E-state index contributed by atoms with van der Waals surface area (Å²) >= 11 is 8.64. The van der Waals surface area contributed by atoms with E-state index in [4.69, 9.17) is 16.3 Å². The second-order valence-corrected chi connectivity index (χ2v) is 7.01. The largest absolute Gasteiger partial charge is 0.484 e. The van der Waals surface area contributed by atoms with E-state index in [2.05, 4.69) is 10.3 Å². The Balaban J connectivity index is 1.56. The highest BCUT2D eigenvalue weighted by molar-refractivity contribution is 7.20. The van der Waals surface area contributed by atoms with Gasteiger partial charge in [-0.3, -0.25) is 10.1 Å². The lowest BCUT2D eigenvalue weighted by atomic mass is 10.3. The summed E-state index contributed by atoms with van der Waals surface area (Å²) in [4.78, 5) is 17.1. The molecule has 1 aromatic carbocycles. The number of benzene rings is 1. The van der Waals surface area contributed by atoms with E-state index >= 15 is 0 Å². The zero-order chi connectivity index (χ0) is 16.2. The molecular weight excluding hydrogens is 359 g/mol. The minimum Gasteiger partial charge on any atom is -0.484 e. The van der Waals surface area contributed by atoms with E-state index in [1.165, 1.54) is 46.9 Å². The van der Waals surface area contributed by atoms with Gasteiger partial charge in [-0.2, -0.15) is 0 Å². The number of hydrogen-bond acceptors (Lipinski definition) is 5. The quantitative estimate of drug-likeness (QED) is 0.711. The summed E-state index contributed by atoms with van der Waals surface area (Å²) in [7, 11) is 0. The number of carbonyl (C=O) groups is 1. The van der Waals surface area contributed by atoms with Gasteiger partial charge in [0, 0.05) is 5.38 Å². The lowest BCUT2D eigenvalue weighted by molar-refractivity contribution is -0.118. The van der Waals surface area contributed by atoms with Crippen LogP contribution < -0.4 is 10.1 Å². The molecule has 8 heteroatoms. The molecule has 0 fully saturated rings. The molecule has 118 valence electrons. The molecule has 0 radical (unpaired) electrons. The molecule has 3 rings (SSSR count). The van der Waals surface area contributed by atoms with Gasteiger partial charge < -0.3 is 4.74 Å². The lowest BCUT2D eigenvalue weighted by Crippen LogP contribution is -2.20. The van der Waals surface area contributed by atoms with Crippen molar-refractivity contribution in [1.29, 1.82) is 0 Å². The van der Waals surface area contributed by atoms with Gasteiger partial charge >= 0.3 is 0 Å². The van der Waals surface area contributed by atoms with Crippen LogP contribution in [0.2, 0.25) is 4.34 Å². The number of amides is 1. The van der Waals surface area contributed by atoms with E-state index in [1.54, 1.807) is 6.07 Å². The van der Waals surface area contributed by atoms with E-state index in [0.29, 0.717) is 15.2 Å². The van der Waals surface area contributed by atoms with Crippen molar-refractivity contribution in [2.24, 2.45) is 0 Å². The second-order valence-electron chi connectivity index (χ2n) is 4.43. The zero-order valence-electron chi connectivity index (χ0n) is 11.6. The van der Waals surface area contributed by atoms with Crippen LogP contribution in [0, 0.1) is 5.82 Å². The molecule has 0 aliphatic carbocycles. The highest BCUT2D eigenvalue weighted by atomic mass is 35.5. The molecule has 0 saturated heterocycles. The van der Waals surface area contributed by atoms with Gasteiger partial charge in [-0.25, -0.2) is 9.37 Å². The van der Waals surface area contributed by atoms with Crippen molar-refractivity contribution in [2.45, 2.75) is 0 Å². The highest BCUT2D eigenvalue weighted by Gasteiger charge is 2.10. The molecule has 0 unspecified atom stereocenters. The SMILES string of the molecule is O=C(COc1ccc(F)cc1)Nc1nc(-c2ccc(Cl)s2)cs1. The summed E-state index contributed by atoms with van der Waals surface area (Å²) in [5.41, 5.74) is 0.765. The first-order chi connectivity index (χ1) is 11.1. The standard InChI is InChI=1S/C15H10ClFN2O2S2/c16-13-6-5-12(23-13)11-8-22-15(18-11)19-14(20)7-21-10-3-1-9(17)2-4-10/h1-6,8H,7H2,(H,18,19,20). The number of carbonyl (C=O) groups excluding carboxylic acids is 1. The van der Waals surface area contributed by atoms with Crippen LogP contribution in [0.25, 0.3) is 10.6 Å². The first-order valence-electron chi connectivity index (χ1n) is 6.49. The van der Waals surface area contributed by atoms with Crippen molar-refractivity contribution in [3.8, 4) is 16.3 Å². The molecule has 4 nitrogen and oxygen atoms in total. The van der Waals surface area contributed by atoms with Crippen LogP contribution in [0.3, 0.4) is 0 Å². The fraction of sp³-hybridized carbons (Fsp3) is 0.0667. The number of nitrogens with one attached hydrogen (secondary N) is 1. The Kier molecular flexibility index (Phi) is 4.90. The molecule has 1 N–H and O–H groups in total. The minimum atomic E-state index is -0.356. The Morgan fingerprint density at radius 1 is 1.26 bits per heavy atom. The predicted octanol–water partition coefficient (Wildman–Crippen LogP) is 4.68. The highest BCUT2D eigenvalue weighted by Crippen LogP contribution is 2.32. The summed E-state index contributed by atoms with van der Waals surface area (Å²) in [6.07, 6.45) is 0. The third-order valence-corrected chi connectivity index (χ3v) is 4.77. The summed E-state index contributed by atoms with van der Waals surface area (Å²) in [6.45, 7) is -0.175. The topological polar surface area (TPSA) is 51.2 Å². The van der Waals surface area contributed by atoms with Crippen LogP contribution in [0.15, 0.2) is 41.8 Å². The van der Waals surface area contributed by atoms with E-state index in [-0.39, 0.29) is 18.3 Å². The number of hydrogen-bond donors (Lipinski definition) is 1. The summed E-state index contributed by atoms with van der Waals surface area (Å²) in [6, 6.07) is 9.15. The van der Waals surface area contributed by atoms with Crippen molar-refractivity contribution in [1.82, 2.24) is 4.98 Å². The number of thiazole rings is 1. The molecule has 0 atom stereocenters. The molecule has 1 amide bonds. The van der Waals surface area contributed by atoms with Gasteiger partial charge in [0.15, 0.2) is 11.7 Å². The van der Waals surface area contributed by atoms with Crippen LogP contribution in [-0.2, 0) is 4.79 Å². The first kappa shape index (κ1) is 15.9. The van der Waals surface area contributed by atoms with E-state index in [9.17, 15) is 9.18 Å². The average molecular weight is 369 g/mol. The molecule has 23 heavy (non-hydrogen) atoms. The number of anilines is 1. The zero-order valence-corrected chi connectivity index (χ0v) is 14.0. The lowest BCUT2D eigenvalue weighted by Gasteiger charge is -2.05. The Morgan fingerprint density at radius 3 is 2.74 bits per heavy atom. The Bertz CT molecular complexity index is 817. The van der Waals surface area contributed by atoms with Crippen molar-refractivity contribution in [3.05, 3.63) is 51.9 Å². The molecule has 0 aliphatic heterocycles. The molecule has 2 heterocycles. The Hall–Kier alpha value is -1.96. The minimum absolute atomic E-state index is 0.175. The van der Waals surface area contributed by atoms with Crippen molar-refractivity contribution in [3.63, 3.8) is 0 Å². The van der Waals surface area contributed by atoms with Crippen molar-refractivity contribution >= 4 is 45.3 Å². The smallest absolute Gasteiger partial charge is 0.264 e. The maximum absolute atomic E-state index is 12.8. The molecule has 0 saturated carbocycles. The van der Waals surface area contributed by atoms with Gasteiger partial charge in [0.1, 0.15) is 11.6 Å². The number of halogens is 2. The van der Waals surface area contributed by atoms with E-state index < -0.39 is 0 Å². The maximum Gasteiger partial charge on any atom is 0.264 e. The fourth-order valence-corrected chi connectivity index (χ4v) is 3.54. The predicted molar refractivity (Wildman–Crippen MR) is 91.0 cm³/mol. The van der Waals surface area contributed by atoms with Gasteiger partial charge in [0.2, 0.25) is 0 Å². The van der Waals surface area contributed by atoms with Crippen LogP contribution in [0.1, 0.15) is 0 Å². The number of thiophene rings is 1. The number of ether oxygens (including phenoxy) is 1. The van der Waals surface area contributed by atoms with Gasteiger partial charge in [0.25, 0.3) is 5.91 Å². The maximum atomic E-state index is 12.8. The normalized spacial score (nSPS) is 10.5. The average Bonchev–Trinajstić information content (AvgIpc) is 3.16. The Morgan fingerprint density at radius 2 is 2.04 bits per heavy atom. The van der Waals surface area contributed by atoms with E-state index in [1.807, 2.05) is 11.4 Å². The third-order valence-electron chi connectivity index (χ3n) is 2.76. The molecule has 0 spiro atoms. The molecule has 0 aliphatic rings. The van der Waals surface area contributed by atoms with Crippen molar-refractivity contribution < 1.29 is 13.9 Å². The van der Waals surface area contributed by atoms with Crippen LogP contribution in [-0.4, -0.2) is 17.5 Å². The summed E-state index contributed by atoms with van der Waals surface area (Å²) in [5.74, 6) is -0.264. The number of nitrogens with zero attached hydrogens (tertiary/aromatic N) is 1. The molecule has 2 aromatic heterocycles. The van der Waals surface area contributed by atoms with Gasteiger partial charge in [-0.1, -0.05) is 11.6 Å². The Labute approximate surface area is 144 Å². The third kappa shape index (κ3) is 4.28. The summed E-state index contributed by atoms with van der Waals surface area (Å²) < 4.78 is 18.7. The first-order valence-corrected chi connectivity index (χ1v) is 8.57. The van der Waals surface area contributed by atoms with Gasteiger partial charge in [0.05, 0.1) is 14.9 Å².